The number of halogens is 1. The van der Waals surface area contributed by atoms with Gasteiger partial charge in [0.25, 0.3) is 0 Å². The Balaban J connectivity index is 2.54. The molecule has 17 heavy (non-hydrogen) atoms. The maximum absolute atomic E-state index is 5.79. The lowest BCUT2D eigenvalue weighted by molar-refractivity contribution is 0.408. The summed E-state index contributed by atoms with van der Waals surface area (Å²) in [6.07, 6.45) is 1.41. The predicted molar refractivity (Wildman–Crippen MR) is 66.3 cm³/mol. The molecule has 0 aliphatic carbocycles. The van der Waals surface area contributed by atoms with Gasteiger partial charge in [0.05, 0.1) is 13.3 Å². The molecule has 0 N–H and O–H groups in total. The summed E-state index contributed by atoms with van der Waals surface area (Å²) in [5.41, 5.74) is 2.95. The average Bonchev–Trinajstić information content (AvgIpc) is 2.28. The summed E-state index contributed by atoms with van der Waals surface area (Å²) in [5.74, 6) is 1.40. The second-order valence-electron chi connectivity index (χ2n) is 3.75. The first kappa shape index (κ1) is 11.8. The first-order chi connectivity index (χ1) is 8.11. The van der Waals surface area contributed by atoms with Crippen LogP contribution in [0.2, 0.25) is 5.15 Å². The monoisotopic (exact) mass is 249 g/mol. The Morgan fingerprint density at radius 1 is 1.18 bits per heavy atom. The number of ether oxygens (including phenoxy) is 1. The first-order valence-electron chi connectivity index (χ1n) is 5.12. The summed E-state index contributed by atoms with van der Waals surface area (Å²) < 4.78 is 5.31. The quantitative estimate of drug-likeness (QED) is 0.821. The molecular formula is C12H12ClN3O. The van der Waals surface area contributed by atoms with Gasteiger partial charge in [-0.1, -0.05) is 11.6 Å². The normalized spacial score (nSPS) is 10.4. The van der Waals surface area contributed by atoms with Crippen molar-refractivity contribution in [3.05, 3.63) is 34.6 Å². The van der Waals surface area contributed by atoms with Crippen molar-refractivity contribution in [3.63, 3.8) is 0 Å². The van der Waals surface area contributed by atoms with Gasteiger partial charge in [0.15, 0.2) is 11.0 Å². The minimum absolute atomic E-state index is 0.334. The summed E-state index contributed by atoms with van der Waals surface area (Å²) in [6.45, 7) is 3.96. The van der Waals surface area contributed by atoms with E-state index in [-0.39, 0.29) is 0 Å². The summed E-state index contributed by atoms with van der Waals surface area (Å²) in [6, 6.07) is 3.92. The van der Waals surface area contributed by atoms with Crippen LogP contribution < -0.4 is 4.74 Å². The number of aryl methyl sites for hydroxylation is 2. The molecule has 0 unspecified atom stereocenters. The fraction of sp³-hybridized carbons (Fsp3) is 0.250. The molecule has 0 fully saturated rings. The second kappa shape index (κ2) is 4.67. The number of rotatable bonds is 2. The molecule has 4 nitrogen and oxygen atoms in total. The van der Waals surface area contributed by atoms with Crippen LogP contribution in [-0.4, -0.2) is 22.3 Å². The van der Waals surface area contributed by atoms with Crippen LogP contribution in [0.5, 0.6) is 5.75 Å². The Morgan fingerprint density at radius 3 is 2.35 bits per heavy atom. The number of nitrogens with zero attached hydrogens (tertiary/aromatic N) is 3. The average molecular weight is 250 g/mol. The van der Waals surface area contributed by atoms with Crippen molar-refractivity contribution in [2.45, 2.75) is 13.8 Å². The Bertz CT molecular complexity index is 534. The van der Waals surface area contributed by atoms with Crippen molar-refractivity contribution in [2.24, 2.45) is 0 Å². The molecule has 2 aromatic rings. The standard InChI is InChI=1S/C12H12ClN3O/c1-7-4-9(5-8(2)11(7)17-3)12-15-10(13)6-14-16-12/h4-6H,1-3H3. The summed E-state index contributed by atoms with van der Waals surface area (Å²) in [5, 5.41) is 8.08. The molecule has 2 rings (SSSR count). The Morgan fingerprint density at radius 2 is 1.82 bits per heavy atom. The fourth-order valence-corrected chi connectivity index (χ4v) is 1.93. The Hall–Kier alpha value is -1.68. The van der Waals surface area contributed by atoms with Crippen molar-refractivity contribution in [2.75, 3.05) is 7.11 Å². The van der Waals surface area contributed by atoms with E-state index >= 15 is 0 Å². The molecule has 88 valence electrons. The Kier molecular flexibility index (Phi) is 3.24. The zero-order chi connectivity index (χ0) is 12.4. The molecule has 1 heterocycles. The molecule has 0 aliphatic rings. The second-order valence-corrected chi connectivity index (χ2v) is 4.13. The summed E-state index contributed by atoms with van der Waals surface area (Å²) in [7, 11) is 1.66. The van der Waals surface area contributed by atoms with Crippen LogP contribution >= 0.6 is 11.6 Å². The van der Waals surface area contributed by atoms with Crippen molar-refractivity contribution in [1.29, 1.82) is 0 Å². The summed E-state index contributed by atoms with van der Waals surface area (Å²) >= 11 is 5.79. The number of hydrogen-bond acceptors (Lipinski definition) is 4. The van der Waals surface area contributed by atoms with E-state index in [0.29, 0.717) is 11.0 Å². The number of aromatic nitrogens is 3. The van der Waals surface area contributed by atoms with E-state index in [2.05, 4.69) is 15.2 Å². The highest BCUT2D eigenvalue weighted by atomic mass is 35.5. The third-order valence-electron chi connectivity index (χ3n) is 2.45. The molecule has 0 spiro atoms. The topological polar surface area (TPSA) is 47.9 Å². The first-order valence-corrected chi connectivity index (χ1v) is 5.50. The van der Waals surface area contributed by atoms with Crippen molar-refractivity contribution >= 4 is 11.6 Å². The highest BCUT2D eigenvalue weighted by molar-refractivity contribution is 6.29. The lowest BCUT2D eigenvalue weighted by Crippen LogP contribution is -1.96. The van der Waals surface area contributed by atoms with Gasteiger partial charge >= 0.3 is 0 Å². The lowest BCUT2D eigenvalue weighted by atomic mass is 10.1. The zero-order valence-corrected chi connectivity index (χ0v) is 10.6. The van der Waals surface area contributed by atoms with E-state index in [1.165, 1.54) is 6.20 Å². The molecule has 0 aliphatic heterocycles. The molecule has 1 aromatic carbocycles. The SMILES string of the molecule is COc1c(C)cc(-c2nncc(Cl)n2)cc1C. The van der Waals surface area contributed by atoms with Crippen LogP contribution in [0.1, 0.15) is 11.1 Å². The van der Waals surface area contributed by atoms with Gasteiger partial charge in [-0.2, -0.15) is 5.10 Å². The van der Waals surface area contributed by atoms with Crippen molar-refractivity contribution < 1.29 is 4.74 Å². The molecule has 0 amide bonds. The van der Waals surface area contributed by atoms with E-state index in [1.807, 2.05) is 26.0 Å². The summed E-state index contributed by atoms with van der Waals surface area (Å²) in [4.78, 5) is 4.13. The smallest absolute Gasteiger partial charge is 0.183 e. The van der Waals surface area contributed by atoms with Crippen LogP contribution in [0.15, 0.2) is 18.3 Å². The van der Waals surface area contributed by atoms with Crippen LogP contribution in [0, 0.1) is 13.8 Å². The molecule has 0 saturated carbocycles. The molecule has 0 atom stereocenters. The molecule has 0 bridgehead atoms. The van der Waals surface area contributed by atoms with Gasteiger partial charge in [-0.25, -0.2) is 4.98 Å². The van der Waals surface area contributed by atoms with Gasteiger partial charge in [-0.15, -0.1) is 5.10 Å². The highest BCUT2D eigenvalue weighted by Gasteiger charge is 2.09. The minimum Gasteiger partial charge on any atom is -0.496 e. The third-order valence-corrected chi connectivity index (χ3v) is 2.63. The van der Waals surface area contributed by atoms with Crippen molar-refractivity contribution in [3.8, 4) is 17.1 Å². The van der Waals surface area contributed by atoms with Crippen LogP contribution in [-0.2, 0) is 0 Å². The van der Waals surface area contributed by atoms with Gasteiger partial charge in [0.2, 0.25) is 0 Å². The van der Waals surface area contributed by atoms with Gasteiger partial charge < -0.3 is 4.74 Å². The van der Waals surface area contributed by atoms with Gasteiger partial charge in [0, 0.05) is 5.56 Å². The van der Waals surface area contributed by atoms with Crippen LogP contribution in [0.4, 0.5) is 0 Å². The molecule has 1 aromatic heterocycles. The van der Waals surface area contributed by atoms with Gasteiger partial charge in [-0.05, 0) is 37.1 Å². The highest BCUT2D eigenvalue weighted by Crippen LogP contribution is 2.28. The number of methoxy groups -OCH3 is 1. The molecular weight excluding hydrogens is 238 g/mol. The fourth-order valence-electron chi connectivity index (χ4n) is 1.81. The maximum Gasteiger partial charge on any atom is 0.183 e. The van der Waals surface area contributed by atoms with E-state index < -0.39 is 0 Å². The van der Waals surface area contributed by atoms with Gasteiger partial charge in [-0.3, -0.25) is 0 Å². The Labute approximate surface area is 105 Å². The number of hydrogen-bond donors (Lipinski definition) is 0. The van der Waals surface area contributed by atoms with Gasteiger partial charge in [0.1, 0.15) is 5.75 Å². The van der Waals surface area contributed by atoms with Crippen LogP contribution in [0.25, 0.3) is 11.4 Å². The van der Waals surface area contributed by atoms with E-state index in [1.54, 1.807) is 7.11 Å². The molecule has 0 radical (unpaired) electrons. The van der Waals surface area contributed by atoms with E-state index in [0.717, 1.165) is 22.4 Å². The van der Waals surface area contributed by atoms with E-state index in [4.69, 9.17) is 16.3 Å². The molecule has 0 saturated heterocycles. The maximum atomic E-state index is 5.79. The van der Waals surface area contributed by atoms with Crippen molar-refractivity contribution in [1.82, 2.24) is 15.2 Å². The zero-order valence-electron chi connectivity index (χ0n) is 9.86. The minimum atomic E-state index is 0.334. The third kappa shape index (κ3) is 2.36. The molecule has 5 heteroatoms. The lowest BCUT2D eigenvalue weighted by Gasteiger charge is -2.10. The number of benzene rings is 1. The van der Waals surface area contributed by atoms with E-state index in [9.17, 15) is 0 Å². The van der Waals surface area contributed by atoms with Crippen LogP contribution in [0.3, 0.4) is 0 Å². The largest absolute Gasteiger partial charge is 0.496 e. The predicted octanol–water partition coefficient (Wildman–Crippen LogP) is 2.82.